The molecule has 2 aliphatic heterocycles. The summed E-state index contributed by atoms with van der Waals surface area (Å²) in [6.45, 7) is 0. The Hall–Kier alpha value is -1.13. The Morgan fingerprint density at radius 1 is 0.962 bits per heavy atom. The summed E-state index contributed by atoms with van der Waals surface area (Å²) >= 11 is 12.4. The van der Waals surface area contributed by atoms with Crippen molar-refractivity contribution in [2.24, 2.45) is 0 Å². The molecule has 3 unspecified atom stereocenters. The maximum Gasteiger partial charge on any atom is 0.123 e. The van der Waals surface area contributed by atoms with E-state index >= 15 is 0 Å². The van der Waals surface area contributed by atoms with Crippen molar-refractivity contribution in [3.05, 3.63) is 69.5 Å². The van der Waals surface area contributed by atoms with Crippen LogP contribution in [0.3, 0.4) is 0 Å². The van der Waals surface area contributed by atoms with Crippen LogP contribution in [-0.4, -0.2) is 30.1 Å². The number of piperidine rings is 1. The van der Waals surface area contributed by atoms with E-state index in [9.17, 15) is 4.39 Å². The van der Waals surface area contributed by atoms with Gasteiger partial charge in [0.1, 0.15) is 5.82 Å². The van der Waals surface area contributed by atoms with Gasteiger partial charge in [-0.15, -0.1) is 0 Å². The van der Waals surface area contributed by atoms with Gasteiger partial charge in [0.05, 0.1) is 16.1 Å². The first-order valence-electron chi connectivity index (χ1n) is 9.19. The van der Waals surface area contributed by atoms with Gasteiger partial charge in [-0.1, -0.05) is 41.4 Å². The van der Waals surface area contributed by atoms with Crippen molar-refractivity contribution in [3.63, 3.8) is 0 Å². The summed E-state index contributed by atoms with van der Waals surface area (Å²) < 4.78 is 13.4. The monoisotopic (exact) mass is 392 g/mol. The van der Waals surface area contributed by atoms with Crippen LogP contribution in [-0.2, 0) is 0 Å². The molecule has 2 saturated heterocycles. The van der Waals surface area contributed by atoms with E-state index in [1.54, 1.807) is 0 Å². The minimum atomic E-state index is -0.223. The summed E-state index contributed by atoms with van der Waals surface area (Å²) in [5, 5.41) is 4.92. The van der Waals surface area contributed by atoms with Gasteiger partial charge in [0.2, 0.25) is 0 Å². The average Bonchev–Trinajstić information content (AvgIpc) is 2.83. The lowest BCUT2D eigenvalue weighted by atomic mass is 9.93. The molecule has 26 heavy (non-hydrogen) atoms. The first kappa shape index (κ1) is 18.2. The van der Waals surface area contributed by atoms with Crippen LogP contribution in [0.1, 0.15) is 42.9 Å². The van der Waals surface area contributed by atoms with Crippen LogP contribution >= 0.6 is 23.2 Å². The van der Waals surface area contributed by atoms with Crippen LogP contribution in [0.4, 0.5) is 4.39 Å². The van der Waals surface area contributed by atoms with E-state index in [0.717, 1.165) is 24.0 Å². The number of hydrogen-bond acceptors (Lipinski definition) is 2. The zero-order valence-electron chi connectivity index (χ0n) is 14.8. The third kappa shape index (κ3) is 3.63. The molecule has 2 aliphatic rings. The van der Waals surface area contributed by atoms with Crippen molar-refractivity contribution in [1.82, 2.24) is 10.2 Å². The molecular weight excluding hydrogens is 370 g/mol. The molecule has 0 radical (unpaired) electrons. The Labute approximate surface area is 164 Å². The Bertz CT molecular complexity index is 766. The van der Waals surface area contributed by atoms with E-state index < -0.39 is 0 Å². The molecule has 2 nitrogen and oxygen atoms in total. The topological polar surface area (TPSA) is 15.3 Å². The third-order valence-electron chi connectivity index (χ3n) is 5.98. The van der Waals surface area contributed by atoms with E-state index in [4.69, 9.17) is 23.2 Å². The second-order valence-electron chi connectivity index (χ2n) is 7.54. The van der Waals surface area contributed by atoms with Gasteiger partial charge in [-0.05, 0) is 68.1 Å². The molecule has 5 heteroatoms. The largest absolute Gasteiger partial charge is 0.303 e. The Kier molecular flexibility index (Phi) is 5.24. The van der Waals surface area contributed by atoms with Gasteiger partial charge in [0.15, 0.2) is 0 Å². The lowest BCUT2D eigenvalue weighted by molar-refractivity contribution is 0.145. The van der Waals surface area contributed by atoms with E-state index in [2.05, 4.69) is 17.3 Å². The van der Waals surface area contributed by atoms with Crippen molar-refractivity contribution in [1.29, 1.82) is 0 Å². The van der Waals surface area contributed by atoms with Gasteiger partial charge < -0.3 is 10.2 Å². The molecule has 2 aromatic carbocycles. The summed E-state index contributed by atoms with van der Waals surface area (Å²) in [4.78, 5) is 2.53. The molecule has 2 bridgehead atoms. The summed E-state index contributed by atoms with van der Waals surface area (Å²) in [5.41, 5.74) is 2.09. The molecule has 4 rings (SSSR count). The fraction of sp³-hybridized carbons (Fsp3) is 0.429. The maximum atomic E-state index is 13.4. The Balaban J connectivity index is 1.62. The number of nitrogens with zero attached hydrogens (tertiary/aromatic N) is 1. The molecule has 1 N–H and O–H groups in total. The number of halogens is 3. The lowest BCUT2D eigenvalue weighted by Crippen LogP contribution is -2.48. The zero-order chi connectivity index (χ0) is 18.3. The number of hydrogen-bond donors (Lipinski definition) is 1. The van der Waals surface area contributed by atoms with Crippen LogP contribution in [0.15, 0.2) is 42.5 Å². The second-order valence-corrected chi connectivity index (χ2v) is 8.36. The number of benzene rings is 2. The molecular formula is C21H23Cl2FN2. The molecule has 0 aromatic heterocycles. The quantitative estimate of drug-likeness (QED) is 0.745. The predicted octanol–water partition coefficient (Wildman–Crippen LogP) is 5.44. The van der Waals surface area contributed by atoms with E-state index in [1.165, 1.54) is 25.0 Å². The van der Waals surface area contributed by atoms with Crippen LogP contribution in [0, 0.1) is 5.82 Å². The number of rotatable bonds is 4. The van der Waals surface area contributed by atoms with Gasteiger partial charge in [-0.2, -0.15) is 0 Å². The summed E-state index contributed by atoms with van der Waals surface area (Å²) in [6.07, 6.45) is 4.86. The Morgan fingerprint density at radius 3 is 2.19 bits per heavy atom. The second kappa shape index (κ2) is 7.47. The van der Waals surface area contributed by atoms with Crippen LogP contribution in [0.5, 0.6) is 0 Å². The summed E-state index contributed by atoms with van der Waals surface area (Å²) in [6, 6.07) is 14.2. The molecule has 2 aromatic rings. The standard InChI is InChI=1S/C21H23Cl2FN2/c1-26-17-7-8-18(26)12-16(11-17)25-21(13-2-5-15(24)6-3-13)14-4-9-19(22)20(23)10-14/h2-6,9-10,16-18,21,25H,7-8,11-12H2,1H3. The van der Waals surface area contributed by atoms with Gasteiger partial charge in [0, 0.05) is 18.1 Å². The first-order chi connectivity index (χ1) is 12.5. The molecule has 2 fully saturated rings. The predicted molar refractivity (Wildman–Crippen MR) is 105 cm³/mol. The van der Waals surface area contributed by atoms with Crippen molar-refractivity contribution in [2.45, 2.75) is 49.9 Å². The van der Waals surface area contributed by atoms with E-state index in [1.807, 2.05) is 30.3 Å². The highest BCUT2D eigenvalue weighted by atomic mass is 35.5. The van der Waals surface area contributed by atoms with E-state index in [-0.39, 0.29) is 11.9 Å². The van der Waals surface area contributed by atoms with Crippen LogP contribution in [0.2, 0.25) is 10.0 Å². The molecule has 0 amide bonds. The van der Waals surface area contributed by atoms with Crippen molar-refractivity contribution in [3.8, 4) is 0 Å². The SMILES string of the molecule is CN1C2CCC1CC(NC(c1ccc(F)cc1)c1ccc(Cl)c(Cl)c1)C2. The molecule has 0 aliphatic carbocycles. The minimum Gasteiger partial charge on any atom is -0.303 e. The van der Waals surface area contributed by atoms with Crippen LogP contribution in [0.25, 0.3) is 0 Å². The van der Waals surface area contributed by atoms with Gasteiger partial charge >= 0.3 is 0 Å². The number of fused-ring (bicyclic) bond motifs is 2. The molecule has 0 saturated carbocycles. The lowest BCUT2D eigenvalue weighted by Gasteiger charge is -2.38. The zero-order valence-corrected chi connectivity index (χ0v) is 16.3. The van der Waals surface area contributed by atoms with Gasteiger partial charge in [0.25, 0.3) is 0 Å². The molecule has 138 valence electrons. The summed E-state index contributed by atoms with van der Waals surface area (Å²) in [7, 11) is 2.25. The van der Waals surface area contributed by atoms with Crippen LogP contribution < -0.4 is 5.32 Å². The third-order valence-corrected chi connectivity index (χ3v) is 6.72. The molecule has 2 heterocycles. The normalized spacial score (nSPS) is 26.8. The first-order valence-corrected chi connectivity index (χ1v) is 9.95. The minimum absolute atomic E-state index is 0.0295. The van der Waals surface area contributed by atoms with Crippen molar-refractivity contribution in [2.75, 3.05) is 7.05 Å². The van der Waals surface area contributed by atoms with Gasteiger partial charge in [-0.3, -0.25) is 0 Å². The highest BCUT2D eigenvalue weighted by Crippen LogP contribution is 2.36. The molecule has 3 atom stereocenters. The average molecular weight is 393 g/mol. The van der Waals surface area contributed by atoms with E-state index in [0.29, 0.717) is 28.2 Å². The van der Waals surface area contributed by atoms with Gasteiger partial charge in [-0.25, -0.2) is 4.39 Å². The van der Waals surface area contributed by atoms with Crippen molar-refractivity contribution >= 4 is 23.2 Å². The Morgan fingerprint density at radius 2 is 1.58 bits per heavy atom. The number of nitrogens with one attached hydrogen (secondary N) is 1. The maximum absolute atomic E-state index is 13.4. The smallest absolute Gasteiger partial charge is 0.123 e. The fourth-order valence-corrected chi connectivity index (χ4v) is 4.82. The summed E-state index contributed by atoms with van der Waals surface area (Å²) in [5.74, 6) is -0.223. The highest BCUT2D eigenvalue weighted by molar-refractivity contribution is 6.42. The molecule has 0 spiro atoms. The van der Waals surface area contributed by atoms with Crippen molar-refractivity contribution < 1.29 is 4.39 Å². The fourth-order valence-electron chi connectivity index (χ4n) is 4.52. The highest BCUT2D eigenvalue weighted by Gasteiger charge is 2.39.